The van der Waals surface area contributed by atoms with Gasteiger partial charge in [-0.2, -0.15) is 5.10 Å². The van der Waals surface area contributed by atoms with Crippen molar-refractivity contribution in [3.8, 4) is 5.69 Å². The quantitative estimate of drug-likeness (QED) is 0.732. The van der Waals surface area contributed by atoms with Gasteiger partial charge in [-0.15, -0.1) is 0 Å². The van der Waals surface area contributed by atoms with Gasteiger partial charge in [0.25, 0.3) is 5.91 Å². The number of nitrogens with zero attached hydrogens (tertiary/aromatic N) is 3. The van der Waals surface area contributed by atoms with E-state index < -0.39 is 6.09 Å². The van der Waals surface area contributed by atoms with E-state index in [1.54, 1.807) is 16.8 Å². The third kappa shape index (κ3) is 3.34. The maximum absolute atomic E-state index is 12.4. The minimum atomic E-state index is -0.967. The Balaban J connectivity index is 1.60. The van der Waals surface area contributed by atoms with Gasteiger partial charge >= 0.3 is 6.09 Å². The highest BCUT2D eigenvalue weighted by atomic mass is 16.4. The summed E-state index contributed by atoms with van der Waals surface area (Å²) in [6.45, 7) is 2.75. The van der Waals surface area contributed by atoms with Crippen molar-refractivity contribution < 1.29 is 14.7 Å². The molecule has 0 saturated carbocycles. The average Bonchev–Trinajstić information content (AvgIpc) is 3.27. The van der Waals surface area contributed by atoms with Crippen LogP contribution in [0.15, 0.2) is 54.6 Å². The van der Waals surface area contributed by atoms with E-state index in [2.05, 4.69) is 10.4 Å². The number of hydrogen-bond acceptors (Lipinski definition) is 3. The van der Waals surface area contributed by atoms with Crippen LogP contribution in [0.2, 0.25) is 0 Å². The summed E-state index contributed by atoms with van der Waals surface area (Å²) >= 11 is 0. The highest BCUT2D eigenvalue weighted by Crippen LogP contribution is 2.28. The van der Waals surface area contributed by atoms with Gasteiger partial charge in [0.15, 0.2) is 0 Å². The van der Waals surface area contributed by atoms with Gasteiger partial charge in [0.2, 0.25) is 0 Å². The van der Waals surface area contributed by atoms with Crippen LogP contribution in [0.3, 0.4) is 0 Å². The lowest BCUT2D eigenvalue weighted by molar-refractivity contribution is 0.0950. The molecule has 2 heterocycles. The van der Waals surface area contributed by atoms with Gasteiger partial charge in [0.1, 0.15) is 0 Å². The number of carbonyl (C=O) groups is 2. The molecular formula is C21H20N4O3. The molecule has 0 radical (unpaired) electrons. The minimum Gasteiger partial charge on any atom is -0.465 e. The Bertz CT molecular complexity index is 1030. The molecule has 0 unspecified atom stereocenters. The Kier molecular flexibility index (Phi) is 4.57. The maximum atomic E-state index is 12.4. The molecule has 0 aliphatic carbocycles. The minimum absolute atomic E-state index is 0.184. The average molecular weight is 376 g/mol. The highest BCUT2D eigenvalue weighted by molar-refractivity contribution is 5.94. The Labute approximate surface area is 162 Å². The van der Waals surface area contributed by atoms with Crippen LogP contribution in [0.1, 0.15) is 32.9 Å². The number of aryl methyl sites for hydroxylation is 1. The molecule has 0 saturated heterocycles. The zero-order valence-electron chi connectivity index (χ0n) is 15.4. The Morgan fingerprint density at radius 3 is 2.46 bits per heavy atom. The molecule has 1 aliphatic rings. The van der Waals surface area contributed by atoms with E-state index in [0.717, 1.165) is 22.5 Å². The smallest absolute Gasteiger partial charge is 0.407 e. The lowest BCUT2D eigenvalue weighted by Gasteiger charge is -2.12. The van der Waals surface area contributed by atoms with Gasteiger partial charge in [-0.05, 0) is 31.2 Å². The number of rotatable bonds is 4. The van der Waals surface area contributed by atoms with Gasteiger partial charge < -0.3 is 10.4 Å². The second kappa shape index (κ2) is 7.19. The number of hydrogen-bond donors (Lipinski definition) is 2. The van der Waals surface area contributed by atoms with Gasteiger partial charge in [0.05, 0.1) is 36.7 Å². The summed E-state index contributed by atoms with van der Waals surface area (Å²) in [5.74, 6) is -0.184. The van der Waals surface area contributed by atoms with Crippen molar-refractivity contribution in [1.29, 1.82) is 0 Å². The molecule has 0 atom stereocenters. The van der Waals surface area contributed by atoms with Crippen molar-refractivity contribution in [1.82, 2.24) is 20.0 Å². The van der Waals surface area contributed by atoms with Crippen LogP contribution in [0.25, 0.3) is 5.69 Å². The van der Waals surface area contributed by atoms with Crippen LogP contribution in [0.5, 0.6) is 0 Å². The van der Waals surface area contributed by atoms with E-state index >= 15 is 0 Å². The predicted octanol–water partition coefficient (Wildman–Crippen LogP) is 3.10. The van der Waals surface area contributed by atoms with E-state index in [1.807, 2.05) is 49.4 Å². The summed E-state index contributed by atoms with van der Waals surface area (Å²) in [6, 6.07) is 16.9. The van der Waals surface area contributed by atoms with Crippen molar-refractivity contribution in [2.45, 2.75) is 26.6 Å². The first kappa shape index (κ1) is 17.8. The van der Waals surface area contributed by atoms with Gasteiger partial charge in [-0.25, -0.2) is 9.48 Å². The first-order valence-electron chi connectivity index (χ1n) is 9.01. The number of carboxylic acid groups (broad SMARTS) is 1. The number of nitrogens with one attached hydrogen (secondary N) is 1. The van der Waals surface area contributed by atoms with Crippen LogP contribution < -0.4 is 5.32 Å². The molecule has 2 N–H and O–H groups in total. The molecule has 142 valence electrons. The molecule has 0 fully saturated rings. The van der Waals surface area contributed by atoms with Crippen molar-refractivity contribution in [3.63, 3.8) is 0 Å². The van der Waals surface area contributed by atoms with Crippen LogP contribution in [0.4, 0.5) is 4.79 Å². The number of para-hydroxylation sites is 1. The van der Waals surface area contributed by atoms with Gasteiger partial charge in [0, 0.05) is 11.1 Å². The van der Waals surface area contributed by atoms with E-state index in [4.69, 9.17) is 0 Å². The molecule has 2 aromatic carbocycles. The second-order valence-corrected chi connectivity index (χ2v) is 6.81. The fourth-order valence-corrected chi connectivity index (χ4v) is 3.34. The fourth-order valence-electron chi connectivity index (χ4n) is 3.34. The standard InChI is InChI=1S/C21H20N4O3/c1-14-7-9-15(10-8-14)20(26)22-11-18-17-12-24(21(27)28)13-19(17)25(23-18)16-5-3-2-4-6-16/h2-10H,11-13H2,1H3,(H,22,26)(H,27,28). The molecule has 7 heteroatoms. The first-order chi connectivity index (χ1) is 13.5. The molecule has 28 heavy (non-hydrogen) atoms. The third-order valence-corrected chi connectivity index (χ3v) is 4.86. The summed E-state index contributed by atoms with van der Waals surface area (Å²) in [7, 11) is 0. The number of benzene rings is 2. The molecule has 1 aromatic heterocycles. The van der Waals surface area contributed by atoms with Crippen molar-refractivity contribution >= 4 is 12.0 Å². The Morgan fingerprint density at radius 1 is 1.07 bits per heavy atom. The number of fused-ring (bicyclic) bond motifs is 1. The van der Waals surface area contributed by atoms with E-state index in [1.165, 1.54) is 4.90 Å². The SMILES string of the molecule is Cc1ccc(C(=O)NCc2nn(-c3ccccc3)c3c2CN(C(=O)O)C3)cc1. The largest absolute Gasteiger partial charge is 0.465 e. The first-order valence-corrected chi connectivity index (χ1v) is 9.01. The lowest BCUT2D eigenvalue weighted by atomic mass is 10.1. The van der Waals surface area contributed by atoms with Gasteiger partial charge in [-0.1, -0.05) is 35.9 Å². The van der Waals surface area contributed by atoms with E-state index in [9.17, 15) is 14.7 Å². The molecular weight excluding hydrogens is 356 g/mol. The second-order valence-electron chi connectivity index (χ2n) is 6.81. The molecule has 4 rings (SSSR count). The van der Waals surface area contributed by atoms with Crippen LogP contribution in [-0.2, 0) is 19.6 Å². The topological polar surface area (TPSA) is 87.5 Å². The van der Waals surface area contributed by atoms with Crippen molar-refractivity contribution in [2.24, 2.45) is 0 Å². The molecule has 2 amide bonds. The molecule has 3 aromatic rings. The van der Waals surface area contributed by atoms with Crippen LogP contribution in [-0.4, -0.2) is 31.8 Å². The zero-order chi connectivity index (χ0) is 19.7. The fraction of sp³-hybridized carbons (Fsp3) is 0.190. The summed E-state index contributed by atoms with van der Waals surface area (Å²) in [4.78, 5) is 25.2. The zero-order valence-corrected chi connectivity index (χ0v) is 15.4. The van der Waals surface area contributed by atoms with E-state index in [0.29, 0.717) is 11.3 Å². The molecule has 1 aliphatic heterocycles. The maximum Gasteiger partial charge on any atom is 0.407 e. The normalized spacial score (nSPS) is 12.7. The summed E-state index contributed by atoms with van der Waals surface area (Å²) in [5.41, 5.74) is 4.91. The number of amides is 2. The predicted molar refractivity (Wildman–Crippen MR) is 103 cm³/mol. The summed E-state index contributed by atoms with van der Waals surface area (Å²) < 4.78 is 1.77. The van der Waals surface area contributed by atoms with Crippen LogP contribution >= 0.6 is 0 Å². The molecule has 7 nitrogen and oxygen atoms in total. The number of carbonyl (C=O) groups excluding carboxylic acids is 1. The van der Waals surface area contributed by atoms with Crippen LogP contribution in [0, 0.1) is 6.92 Å². The lowest BCUT2D eigenvalue weighted by Crippen LogP contribution is -2.26. The summed E-state index contributed by atoms with van der Waals surface area (Å²) in [5, 5.41) is 16.9. The highest BCUT2D eigenvalue weighted by Gasteiger charge is 2.30. The Morgan fingerprint density at radius 2 is 1.79 bits per heavy atom. The molecule has 0 spiro atoms. The third-order valence-electron chi connectivity index (χ3n) is 4.86. The van der Waals surface area contributed by atoms with Gasteiger partial charge in [-0.3, -0.25) is 9.69 Å². The monoisotopic (exact) mass is 376 g/mol. The Hall–Kier alpha value is -3.61. The summed E-state index contributed by atoms with van der Waals surface area (Å²) in [6.07, 6.45) is -0.967. The van der Waals surface area contributed by atoms with Crippen molar-refractivity contribution in [2.75, 3.05) is 0 Å². The van der Waals surface area contributed by atoms with Crippen molar-refractivity contribution in [3.05, 3.63) is 82.7 Å². The van der Waals surface area contributed by atoms with E-state index in [-0.39, 0.29) is 25.5 Å². The number of aromatic nitrogens is 2. The molecule has 0 bridgehead atoms.